The van der Waals surface area contributed by atoms with E-state index in [1.807, 2.05) is 0 Å². The van der Waals surface area contributed by atoms with Gasteiger partial charge in [-0.05, 0) is 114 Å². The normalized spacial score (nSPS) is 8.94. The van der Waals surface area contributed by atoms with Crippen LogP contribution < -0.4 is 0 Å². The molecular weight excluding hydrogens is 675 g/mol. The van der Waals surface area contributed by atoms with Crippen LogP contribution in [0.15, 0.2) is 24.5 Å². The Labute approximate surface area is 331 Å². The third kappa shape index (κ3) is 30.6. The first kappa shape index (κ1) is 53.3. The summed E-state index contributed by atoms with van der Waals surface area (Å²) in [6, 6.07) is 3.19. The van der Waals surface area contributed by atoms with E-state index in [4.69, 9.17) is 125 Å². The molecule has 9 nitrogen and oxygen atoms in total. The number of hydrogen-bond donors (Lipinski definition) is 0. The standard InChI is InChI=1S/C8H9ClN2O2.C6H10O3.C4H2Cl2N2.B10H3.B10/c1-2-13-7(12)5-6-3-4-10-8(9)11-6;1-3-9-6(8)4-5(2)7;5-3-1-2-7-4(6)8-3;2*1-7(2)10(8(3)4)9(5)6/h3-4H,2,5H2,1H3;3-4H2,1-2H3;1-2H;1H3;/q;;;-1;. The van der Waals surface area contributed by atoms with E-state index >= 15 is 0 Å². The molecule has 0 saturated heterocycles. The Hall–Kier alpha value is -1.06. The van der Waals surface area contributed by atoms with Gasteiger partial charge in [0.1, 0.15) is 17.4 Å². The highest BCUT2D eigenvalue weighted by Crippen LogP contribution is 2.05. The Balaban J connectivity index is -0.000000558. The monoisotopic (exact) mass is 701 g/mol. The van der Waals surface area contributed by atoms with Crippen molar-refractivity contribution in [3.05, 3.63) is 45.9 Å². The van der Waals surface area contributed by atoms with Crippen molar-refractivity contribution in [2.45, 2.75) is 33.6 Å². The first-order valence-corrected chi connectivity index (χ1v) is 15.4. The van der Waals surface area contributed by atoms with Crippen molar-refractivity contribution in [1.82, 2.24) is 19.9 Å². The molecule has 0 atom stereocenters. The second-order valence-electron chi connectivity index (χ2n) is 9.36. The lowest BCUT2D eigenvalue weighted by Gasteiger charge is -2.27. The molecule has 2 rings (SSSR count). The number of carbonyl (C=O) groups is 3. The Bertz CT molecular complexity index is 1150. The maximum atomic E-state index is 11.0. The zero-order valence-electron chi connectivity index (χ0n) is 27.6. The number of nitrogens with zero attached hydrogens (tertiary/aromatic N) is 4. The van der Waals surface area contributed by atoms with Crippen LogP contribution in [0.2, 0.25) is 15.7 Å². The van der Waals surface area contributed by atoms with Gasteiger partial charge in [0.15, 0.2) is 0 Å². The first-order chi connectivity index (χ1) is 23.1. The molecule has 50 heavy (non-hydrogen) atoms. The molecule has 0 amide bonds. The highest BCUT2D eigenvalue weighted by atomic mass is 35.5. The molecule has 0 bridgehead atoms. The molecule has 0 spiro atoms. The van der Waals surface area contributed by atoms with Gasteiger partial charge in [-0.3, -0.25) is 14.4 Å². The van der Waals surface area contributed by atoms with E-state index in [1.54, 1.807) is 26.0 Å². The maximum absolute atomic E-state index is 11.0. The van der Waals surface area contributed by atoms with Gasteiger partial charge in [-0.2, -0.15) is 0 Å². The number of esters is 2. The molecule has 0 fully saturated rings. The van der Waals surface area contributed by atoms with E-state index in [0.717, 1.165) is 0 Å². The molecule has 0 aliphatic rings. The first-order valence-electron chi connectivity index (χ1n) is 14.3. The van der Waals surface area contributed by atoms with E-state index in [-0.39, 0.29) is 55.7 Å². The predicted octanol–water partition coefficient (Wildman–Crippen LogP) is -4.87. The molecular formula is C18H24B20Cl3N4O5-. The lowest BCUT2D eigenvalue weighted by molar-refractivity contribution is -0.145. The van der Waals surface area contributed by atoms with E-state index in [0.29, 0.717) is 24.1 Å². The van der Waals surface area contributed by atoms with Crippen LogP contribution in [0.5, 0.6) is 0 Å². The van der Waals surface area contributed by atoms with Gasteiger partial charge in [-0.15, -0.1) is 6.39 Å². The Morgan fingerprint density at radius 1 is 0.680 bits per heavy atom. The minimum atomic E-state index is -0.667. The summed E-state index contributed by atoms with van der Waals surface area (Å²) in [5.74, 6) is -0.907. The summed E-state index contributed by atoms with van der Waals surface area (Å²) < 4.78 is 9.24. The lowest BCUT2D eigenvalue weighted by atomic mass is 8.58. The van der Waals surface area contributed by atoms with Crippen LogP contribution in [0.4, 0.5) is 0 Å². The van der Waals surface area contributed by atoms with Gasteiger partial charge in [-0.25, -0.2) is 19.9 Å². The number of ether oxygens (including phenoxy) is 2. The number of carbonyl (C=O) groups excluding carboxylic acids is 3. The minimum Gasteiger partial charge on any atom is -0.466 e. The number of aromatic nitrogens is 4. The summed E-state index contributed by atoms with van der Waals surface area (Å²) in [6.07, 6.45) is -0.397. The van der Waals surface area contributed by atoms with Crippen molar-refractivity contribution in [3.8, 4) is 0 Å². The van der Waals surface area contributed by atoms with Crippen molar-refractivity contribution in [2.24, 2.45) is 0 Å². The summed E-state index contributed by atoms with van der Waals surface area (Å²) in [7, 11) is 59.1. The average molecular weight is 699 g/mol. The van der Waals surface area contributed by atoms with Crippen LogP contribution >= 0.6 is 34.8 Å². The largest absolute Gasteiger partial charge is 0.466 e. The van der Waals surface area contributed by atoms with Crippen LogP contribution in [0.3, 0.4) is 0 Å². The maximum Gasteiger partial charge on any atom is 0.313 e. The molecule has 0 aliphatic heterocycles. The van der Waals surface area contributed by atoms with Gasteiger partial charge in [0.25, 0.3) is 0 Å². The van der Waals surface area contributed by atoms with Gasteiger partial charge in [-0.1, -0.05) is 19.3 Å². The van der Waals surface area contributed by atoms with Crippen molar-refractivity contribution in [2.75, 3.05) is 13.2 Å². The van der Waals surface area contributed by atoms with Gasteiger partial charge in [0.05, 0.1) is 25.3 Å². The molecule has 2 aromatic heterocycles. The van der Waals surface area contributed by atoms with Crippen LogP contribution in [-0.4, -0.2) is 195 Å². The van der Waals surface area contributed by atoms with Crippen LogP contribution in [0.25, 0.3) is 0 Å². The Morgan fingerprint density at radius 3 is 1.34 bits per heavy atom. The van der Waals surface area contributed by atoms with Crippen LogP contribution in [-0.2, 0) is 30.3 Å². The summed E-state index contributed by atoms with van der Waals surface area (Å²) >= 11 is 16.3. The Kier molecular flexibility index (Phi) is 33.5. The molecule has 228 valence electrons. The zero-order valence-corrected chi connectivity index (χ0v) is 29.8. The number of ketones is 1. The highest BCUT2D eigenvalue weighted by molar-refractivity contribution is 8.00. The van der Waals surface area contributed by atoms with Gasteiger partial charge >= 0.3 is 11.9 Å². The van der Waals surface area contributed by atoms with Crippen molar-refractivity contribution < 1.29 is 23.9 Å². The van der Waals surface area contributed by atoms with E-state index in [1.165, 1.54) is 19.3 Å². The molecule has 2 heterocycles. The number of Topliss-reactive ketones (excluding diaryl/α,β-unsaturated/α-hetero) is 1. The molecule has 0 aromatic carbocycles. The fourth-order valence-electron chi connectivity index (χ4n) is 2.84. The molecule has 22 radical (unpaired) electrons. The molecule has 0 unspecified atom stereocenters. The highest BCUT2D eigenvalue weighted by Gasteiger charge is 2.24. The number of rotatable bonds is 12. The van der Waals surface area contributed by atoms with Crippen molar-refractivity contribution >= 4 is 196 Å². The van der Waals surface area contributed by atoms with E-state index < -0.39 is 44.3 Å². The molecule has 0 saturated carbocycles. The van der Waals surface area contributed by atoms with E-state index in [9.17, 15) is 14.4 Å². The van der Waals surface area contributed by atoms with Crippen molar-refractivity contribution in [1.29, 1.82) is 0 Å². The smallest absolute Gasteiger partial charge is 0.313 e. The summed E-state index contributed by atoms with van der Waals surface area (Å²) in [6.45, 7) is 5.53. The van der Waals surface area contributed by atoms with Gasteiger partial charge in [0.2, 0.25) is 10.6 Å². The molecule has 32 heteroatoms. The van der Waals surface area contributed by atoms with Crippen LogP contribution in [0, 0.1) is 0 Å². The fraction of sp³-hybridized carbons (Fsp3) is 0.389. The molecule has 0 N–H and O–H groups in total. The molecule has 2 aromatic rings. The van der Waals surface area contributed by atoms with Gasteiger partial charge in [0, 0.05) is 84.4 Å². The van der Waals surface area contributed by atoms with Gasteiger partial charge < -0.3 is 9.47 Å². The summed E-state index contributed by atoms with van der Waals surface area (Å²) in [5, 5.41) is 0.685. The van der Waals surface area contributed by atoms with Crippen molar-refractivity contribution in [3.63, 3.8) is 0 Å². The topological polar surface area (TPSA) is 121 Å². The summed E-state index contributed by atoms with van der Waals surface area (Å²) in [4.78, 5) is 46.4. The second-order valence-corrected chi connectivity index (χ2v) is 10.4. The second kappa shape index (κ2) is 31.5. The fourth-order valence-corrected chi connectivity index (χ4v) is 3.33. The summed E-state index contributed by atoms with van der Waals surface area (Å²) in [5.41, 5.74) is 0.568. The minimum absolute atomic E-state index is 0.0246. The number of halogens is 3. The third-order valence-corrected chi connectivity index (χ3v) is 5.62. The predicted molar refractivity (Wildman–Crippen MR) is 231 cm³/mol. The third-order valence-electron chi connectivity index (χ3n) is 5.05. The Morgan fingerprint density at radius 2 is 1.08 bits per heavy atom. The average Bonchev–Trinajstić information content (AvgIpc) is 2.93. The SMILES string of the molecule is CCOC(=O)CC(C)=O.CCOC(=O)Cc1ccnc(Cl)n1.Clc1ccnc(Cl)n1.[B]B([B])B(B([B])[B])B([B])[BH3-].[B]B([B])B(B([B])[B])B([B])[B]. The lowest BCUT2D eigenvalue weighted by Crippen LogP contribution is -2.62. The molecule has 0 aliphatic carbocycles. The zero-order chi connectivity index (χ0) is 39.6. The van der Waals surface area contributed by atoms with E-state index in [2.05, 4.69) is 24.7 Å². The number of hydrogen-bond acceptors (Lipinski definition) is 9. The van der Waals surface area contributed by atoms with Crippen LogP contribution in [0.1, 0.15) is 32.9 Å². The quantitative estimate of drug-likeness (QED) is 0.0707.